The van der Waals surface area contributed by atoms with Crippen molar-refractivity contribution in [2.45, 2.75) is 32.7 Å². The van der Waals surface area contributed by atoms with E-state index in [0.717, 1.165) is 13.0 Å². The third-order valence-corrected chi connectivity index (χ3v) is 4.49. The van der Waals surface area contributed by atoms with E-state index < -0.39 is 5.97 Å². The Kier molecular flexibility index (Phi) is 6.48. The molecule has 1 aliphatic heterocycles. The molecule has 1 aromatic carbocycles. The summed E-state index contributed by atoms with van der Waals surface area (Å²) in [5.41, 5.74) is 1.49. The van der Waals surface area contributed by atoms with E-state index in [1.54, 1.807) is 42.3 Å². The van der Waals surface area contributed by atoms with E-state index in [-0.39, 0.29) is 30.3 Å². The molecule has 2 heterocycles. The summed E-state index contributed by atoms with van der Waals surface area (Å²) in [6.45, 7) is 5.12. The molecule has 9 heteroatoms. The number of carbonyl (C=O) groups excluding carboxylic acids is 3. The Morgan fingerprint density at radius 1 is 1.31 bits per heavy atom. The monoisotopic (exact) mass is 399 g/mol. The normalized spacial score (nSPS) is 14.6. The fourth-order valence-corrected chi connectivity index (χ4v) is 3.17. The first-order chi connectivity index (χ1) is 14.0. The van der Waals surface area contributed by atoms with Crippen LogP contribution in [0.15, 0.2) is 36.5 Å². The number of aromatic nitrogens is 2. The summed E-state index contributed by atoms with van der Waals surface area (Å²) in [5, 5.41) is 9.83. The molecule has 1 fully saturated rings. The number of ether oxygens (including phenoxy) is 1. The van der Waals surface area contributed by atoms with Gasteiger partial charge < -0.3 is 20.3 Å². The Morgan fingerprint density at radius 2 is 2.14 bits per heavy atom. The van der Waals surface area contributed by atoms with Gasteiger partial charge in [0, 0.05) is 37.4 Å². The Morgan fingerprint density at radius 3 is 2.86 bits per heavy atom. The smallest absolute Gasteiger partial charge is 0.358 e. The highest BCUT2D eigenvalue weighted by molar-refractivity contribution is 5.90. The van der Waals surface area contributed by atoms with Crippen LogP contribution in [-0.4, -0.2) is 58.3 Å². The SMILES string of the molecule is CCOC(=O)c1ccn(-c2cccc(NC(=O)N[C@@H](C)CN3CCCC3=O)c2)n1. The minimum Gasteiger partial charge on any atom is -0.461 e. The molecule has 0 radical (unpaired) electrons. The summed E-state index contributed by atoms with van der Waals surface area (Å²) in [5.74, 6) is -0.349. The van der Waals surface area contributed by atoms with Crippen molar-refractivity contribution in [3.05, 3.63) is 42.2 Å². The summed E-state index contributed by atoms with van der Waals surface area (Å²) in [4.78, 5) is 37.5. The fourth-order valence-electron chi connectivity index (χ4n) is 3.17. The molecule has 2 aromatic rings. The van der Waals surface area contributed by atoms with Crippen LogP contribution in [0.5, 0.6) is 0 Å². The molecule has 1 aromatic heterocycles. The Labute approximate surface area is 169 Å². The zero-order valence-corrected chi connectivity index (χ0v) is 16.6. The van der Waals surface area contributed by atoms with Crippen LogP contribution in [0.4, 0.5) is 10.5 Å². The quantitative estimate of drug-likeness (QED) is 0.694. The minimum atomic E-state index is -0.481. The van der Waals surface area contributed by atoms with Crippen molar-refractivity contribution in [1.29, 1.82) is 0 Å². The fraction of sp³-hybridized carbons (Fsp3) is 0.400. The first kappa shape index (κ1) is 20.4. The van der Waals surface area contributed by atoms with E-state index >= 15 is 0 Å². The number of nitrogens with one attached hydrogen (secondary N) is 2. The topological polar surface area (TPSA) is 106 Å². The van der Waals surface area contributed by atoms with Crippen molar-refractivity contribution in [2.24, 2.45) is 0 Å². The van der Waals surface area contributed by atoms with E-state index in [0.29, 0.717) is 24.3 Å². The maximum absolute atomic E-state index is 12.3. The Balaban J connectivity index is 1.58. The lowest BCUT2D eigenvalue weighted by atomic mass is 10.2. The van der Waals surface area contributed by atoms with Gasteiger partial charge >= 0.3 is 12.0 Å². The summed E-state index contributed by atoms with van der Waals surface area (Å²) in [6.07, 6.45) is 3.10. The molecule has 154 valence electrons. The van der Waals surface area contributed by atoms with Crippen molar-refractivity contribution in [3.8, 4) is 5.69 Å². The highest BCUT2D eigenvalue weighted by Crippen LogP contribution is 2.15. The second-order valence-electron chi connectivity index (χ2n) is 6.86. The van der Waals surface area contributed by atoms with Crippen LogP contribution in [0.2, 0.25) is 0 Å². The number of amides is 3. The van der Waals surface area contributed by atoms with Crippen LogP contribution >= 0.6 is 0 Å². The molecule has 0 aliphatic carbocycles. The average Bonchev–Trinajstić information content (AvgIpc) is 3.32. The number of anilines is 1. The summed E-state index contributed by atoms with van der Waals surface area (Å²) >= 11 is 0. The first-order valence-corrected chi connectivity index (χ1v) is 9.64. The number of esters is 1. The van der Waals surface area contributed by atoms with Gasteiger partial charge in [0.05, 0.1) is 12.3 Å². The third kappa shape index (κ3) is 5.34. The first-order valence-electron chi connectivity index (χ1n) is 9.64. The van der Waals surface area contributed by atoms with Gasteiger partial charge in [0.2, 0.25) is 5.91 Å². The second-order valence-corrected chi connectivity index (χ2v) is 6.86. The highest BCUT2D eigenvalue weighted by atomic mass is 16.5. The van der Waals surface area contributed by atoms with Gasteiger partial charge in [-0.25, -0.2) is 14.3 Å². The number of urea groups is 1. The molecular formula is C20H25N5O4. The predicted octanol–water partition coefficient (Wildman–Crippen LogP) is 2.18. The zero-order chi connectivity index (χ0) is 20.8. The highest BCUT2D eigenvalue weighted by Gasteiger charge is 2.22. The van der Waals surface area contributed by atoms with Crippen LogP contribution in [-0.2, 0) is 9.53 Å². The van der Waals surface area contributed by atoms with Crippen molar-refractivity contribution in [3.63, 3.8) is 0 Å². The minimum absolute atomic E-state index is 0.133. The standard InChI is InChI=1S/C20H25N5O4/c1-3-29-19(27)17-9-11-25(23-17)16-7-4-6-15(12-16)22-20(28)21-14(2)13-24-10-5-8-18(24)26/h4,6-7,9,11-12,14H,3,5,8,10,13H2,1-2H3,(H2,21,22,28)/t14-/m0/s1. The molecule has 3 amide bonds. The van der Waals surface area contributed by atoms with Gasteiger partial charge in [-0.05, 0) is 44.5 Å². The van der Waals surface area contributed by atoms with Gasteiger partial charge in [-0.1, -0.05) is 6.07 Å². The number of hydrogen-bond acceptors (Lipinski definition) is 5. The maximum atomic E-state index is 12.3. The van der Waals surface area contributed by atoms with Crippen LogP contribution < -0.4 is 10.6 Å². The molecule has 0 saturated carbocycles. The molecule has 1 atom stereocenters. The van der Waals surface area contributed by atoms with Crippen LogP contribution in [0, 0.1) is 0 Å². The van der Waals surface area contributed by atoms with E-state index in [1.807, 2.05) is 13.0 Å². The van der Waals surface area contributed by atoms with Crippen LogP contribution in [0.25, 0.3) is 5.69 Å². The number of hydrogen-bond donors (Lipinski definition) is 2. The molecule has 2 N–H and O–H groups in total. The number of benzene rings is 1. The Bertz CT molecular complexity index is 895. The maximum Gasteiger partial charge on any atom is 0.358 e. The van der Waals surface area contributed by atoms with Gasteiger partial charge in [-0.3, -0.25) is 4.79 Å². The molecule has 0 spiro atoms. The summed E-state index contributed by atoms with van der Waals surface area (Å²) in [7, 11) is 0. The lowest BCUT2D eigenvalue weighted by Crippen LogP contribution is -2.44. The Hall–Kier alpha value is -3.36. The summed E-state index contributed by atoms with van der Waals surface area (Å²) in [6, 6.07) is 8.15. The number of rotatable bonds is 7. The number of likely N-dealkylation sites (tertiary alicyclic amines) is 1. The van der Waals surface area contributed by atoms with E-state index in [1.165, 1.54) is 4.68 Å². The number of carbonyl (C=O) groups is 3. The van der Waals surface area contributed by atoms with Crippen molar-refractivity contribution in [1.82, 2.24) is 20.0 Å². The third-order valence-electron chi connectivity index (χ3n) is 4.49. The van der Waals surface area contributed by atoms with Gasteiger partial charge in [-0.15, -0.1) is 0 Å². The van der Waals surface area contributed by atoms with Crippen molar-refractivity contribution in [2.75, 3.05) is 25.0 Å². The van der Waals surface area contributed by atoms with E-state index in [9.17, 15) is 14.4 Å². The van der Waals surface area contributed by atoms with Crippen molar-refractivity contribution >= 4 is 23.6 Å². The van der Waals surface area contributed by atoms with E-state index in [2.05, 4.69) is 15.7 Å². The molecule has 9 nitrogen and oxygen atoms in total. The average molecular weight is 399 g/mol. The van der Waals surface area contributed by atoms with Crippen molar-refractivity contribution < 1.29 is 19.1 Å². The second kappa shape index (κ2) is 9.22. The molecular weight excluding hydrogens is 374 g/mol. The molecule has 0 unspecified atom stereocenters. The molecule has 1 saturated heterocycles. The van der Waals surface area contributed by atoms with Gasteiger partial charge in [0.25, 0.3) is 0 Å². The number of nitrogens with zero attached hydrogens (tertiary/aromatic N) is 3. The molecule has 29 heavy (non-hydrogen) atoms. The summed E-state index contributed by atoms with van der Waals surface area (Å²) < 4.78 is 6.48. The lowest BCUT2D eigenvalue weighted by Gasteiger charge is -2.21. The lowest BCUT2D eigenvalue weighted by molar-refractivity contribution is -0.127. The largest absolute Gasteiger partial charge is 0.461 e. The van der Waals surface area contributed by atoms with Gasteiger partial charge in [-0.2, -0.15) is 5.10 Å². The van der Waals surface area contributed by atoms with Crippen LogP contribution in [0.3, 0.4) is 0 Å². The van der Waals surface area contributed by atoms with Gasteiger partial charge in [0.1, 0.15) is 0 Å². The van der Waals surface area contributed by atoms with Crippen LogP contribution in [0.1, 0.15) is 37.2 Å². The molecule has 3 rings (SSSR count). The van der Waals surface area contributed by atoms with E-state index in [4.69, 9.17) is 4.74 Å². The zero-order valence-electron chi connectivity index (χ0n) is 16.6. The van der Waals surface area contributed by atoms with Gasteiger partial charge in [0.15, 0.2) is 5.69 Å². The molecule has 1 aliphatic rings. The predicted molar refractivity (Wildman–Crippen MR) is 107 cm³/mol. The molecule has 0 bridgehead atoms.